The highest BCUT2D eigenvalue weighted by Crippen LogP contribution is 2.19. The second-order valence-electron chi connectivity index (χ2n) is 24.0. The number of rotatable bonds is 65. The number of aliphatic hydroxyl groups excluding tert-OH is 2. The third kappa shape index (κ3) is 63.2. The highest BCUT2D eigenvalue weighted by atomic mass is 16.3. The van der Waals surface area contributed by atoms with Crippen LogP contribution in [-0.2, 0) is 4.79 Å². The second-order valence-corrected chi connectivity index (χ2v) is 24.0. The fraction of sp³-hybridized carbons (Fsp3) is 0.875. The lowest BCUT2D eigenvalue weighted by molar-refractivity contribution is -0.123. The van der Waals surface area contributed by atoms with Gasteiger partial charge in [-0.2, -0.15) is 0 Å². The molecule has 0 aromatic rings. The Balaban J connectivity index is 3.40. The minimum atomic E-state index is -0.839. The van der Waals surface area contributed by atoms with Crippen molar-refractivity contribution in [2.75, 3.05) is 6.61 Å². The summed E-state index contributed by atoms with van der Waals surface area (Å²) in [6.07, 6.45) is 94.9. The maximum Gasteiger partial charge on any atom is 0.220 e. The van der Waals surface area contributed by atoms with E-state index in [-0.39, 0.29) is 12.5 Å². The first-order valence-electron chi connectivity index (χ1n) is 34.9. The molecule has 0 rings (SSSR count). The summed E-state index contributed by atoms with van der Waals surface area (Å²) in [7, 11) is 0. The van der Waals surface area contributed by atoms with Gasteiger partial charge in [-0.3, -0.25) is 4.79 Å². The number of hydrogen-bond acceptors (Lipinski definition) is 3. The van der Waals surface area contributed by atoms with Crippen molar-refractivity contribution in [2.45, 2.75) is 398 Å². The molecule has 0 spiro atoms. The van der Waals surface area contributed by atoms with E-state index in [1.54, 1.807) is 6.08 Å². The van der Waals surface area contributed by atoms with Crippen LogP contribution >= 0.6 is 0 Å². The number of nitrogens with one attached hydrogen (secondary N) is 1. The zero-order chi connectivity index (χ0) is 54.8. The van der Waals surface area contributed by atoms with E-state index in [9.17, 15) is 15.0 Å². The Morgan fingerprint density at radius 2 is 0.539 bits per heavy atom. The Morgan fingerprint density at radius 1 is 0.316 bits per heavy atom. The SMILES string of the molecule is CCCCCCC/C=C\C/C=C\C/C=C\CCCCCCCCCCCCCCCCCCCCCCCCCCCCC(=O)NC(CO)C(O)/C=C/CCCCCCCCCCCCCCCCCCCCCCC. The molecular formula is C72H137NO3. The van der Waals surface area contributed by atoms with Crippen LogP contribution in [0.2, 0.25) is 0 Å². The highest BCUT2D eigenvalue weighted by molar-refractivity contribution is 5.76. The van der Waals surface area contributed by atoms with Crippen LogP contribution in [0.4, 0.5) is 0 Å². The van der Waals surface area contributed by atoms with Gasteiger partial charge in [-0.1, -0.05) is 371 Å². The van der Waals surface area contributed by atoms with Gasteiger partial charge in [0.2, 0.25) is 5.91 Å². The van der Waals surface area contributed by atoms with Gasteiger partial charge < -0.3 is 15.5 Å². The molecule has 0 saturated carbocycles. The van der Waals surface area contributed by atoms with E-state index < -0.39 is 12.1 Å². The first-order chi connectivity index (χ1) is 37.7. The number of amides is 1. The fourth-order valence-electron chi connectivity index (χ4n) is 11.0. The Morgan fingerprint density at radius 3 is 0.803 bits per heavy atom. The molecule has 0 aromatic heterocycles. The van der Waals surface area contributed by atoms with Gasteiger partial charge >= 0.3 is 0 Å². The molecule has 0 aromatic carbocycles. The number of carbonyl (C=O) groups excluding carboxylic acids is 1. The molecule has 1 amide bonds. The van der Waals surface area contributed by atoms with Gasteiger partial charge in [-0.15, -0.1) is 0 Å². The van der Waals surface area contributed by atoms with E-state index in [4.69, 9.17) is 0 Å². The summed E-state index contributed by atoms with van der Waals surface area (Å²) >= 11 is 0. The molecule has 2 unspecified atom stereocenters. The molecule has 0 radical (unpaired) electrons. The molecule has 0 bridgehead atoms. The van der Waals surface area contributed by atoms with E-state index in [2.05, 4.69) is 55.6 Å². The van der Waals surface area contributed by atoms with Gasteiger partial charge in [0.05, 0.1) is 18.8 Å². The van der Waals surface area contributed by atoms with Crippen molar-refractivity contribution in [1.29, 1.82) is 0 Å². The molecule has 0 fully saturated rings. The van der Waals surface area contributed by atoms with Crippen molar-refractivity contribution >= 4 is 5.91 Å². The predicted octanol–water partition coefficient (Wildman–Crippen LogP) is 23.7. The van der Waals surface area contributed by atoms with E-state index >= 15 is 0 Å². The summed E-state index contributed by atoms with van der Waals surface area (Å²) in [5.74, 6) is -0.0559. The predicted molar refractivity (Wildman–Crippen MR) is 341 cm³/mol. The topological polar surface area (TPSA) is 69.6 Å². The molecule has 0 aliphatic heterocycles. The Bertz CT molecular complexity index is 1210. The van der Waals surface area contributed by atoms with Crippen LogP contribution in [0.1, 0.15) is 386 Å². The quantitative estimate of drug-likeness (QED) is 0.0420. The van der Waals surface area contributed by atoms with Gasteiger partial charge in [0, 0.05) is 6.42 Å². The number of carbonyl (C=O) groups is 1. The Kier molecular flexibility index (Phi) is 66.2. The van der Waals surface area contributed by atoms with Gasteiger partial charge in [0.15, 0.2) is 0 Å². The maximum absolute atomic E-state index is 12.5. The van der Waals surface area contributed by atoms with E-state index in [0.717, 1.165) is 38.5 Å². The van der Waals surface area contributed by atoms with Crippen molar-refractivity contribution in [1.82, 2.24) is 5.32 Å². The van der Waals surface area contributed by atoms with Crippen LogP contribution in [-0.4, -0.2) is 34.9 Å². The van der Waals surface area contributed by atoms with Crippen LogP contribution < -0.4 is 5.32 Å². The van der Waals surface area contributed by atoms with E-state index in [1.807, 2.05) is 6.08 Å². The minimum absolute atomic E-state index is 0.0559. The number of allylic oxidation sites excluding steroid dienone is 7. The first kappa shape index (κ1) is 74.3. The molecular weight excluding hydrogens is 927 g/mol. The summed E-state index contributed by atoms with van der Waals surface area (Å²) < 4.78 is 0. The minimum Gasteiger partial charge on any atom is -0.394 e. The third-order valence-corrected chi connectivity index (χ3v) is 16.3. The van der Waals surface area contributed by atoms with Crippen LogP contribution in [0.5, 0.6) is 0 Å². The Labute approximate surface area is 477 Å². The molecule has 448 valence electrons. The van der Waals surface area contributed by atoms with Gasteiger partial charge in [0.25, 0.3) is 0 Å². The fourth-order valence-corrected chi connectivity index (χ4v) is 11.0. The lowest BCUT2D eigenvalue weighted by Crippen LogP contribution is -2.45. The van der Waals surface area contributed by atoms with Crippen LogP contribution in [0, 0.1) is 0 Å². The molecule has 0 aliphatic carbocycles. The van der Waals surface area contributed by atoms with Crippen molar-refractivity contribution in [2.24, 2.45) is 0 Å². The summed E-state index contributed by atoms with van der Waals surface area (Å²) in [6.45, 7) is 4.34. The average molecular weight is 1060 g/mol. The van der Waals surface area contributed by atoms with E-state index in [0.29, 0.717) is 6.42 Å². The average Bonchev–Trinajstić information content (AvgIpc) is 3.42. The maximum atomic E-state index is 12.5. The molecule has 0 heterocycles. The molecule has 3 N–H and O–H groups in total. The molecule has 0 aliphatic rings. The van der Waals surface area contributed by atoms with Gasteiger partial charge in [-0.05, 0) is 57.8 Å². The summed E-state index contributed by atoms with van der Waals surface area (Å²) in [5.41, 5.74) is 0. The monoisotopic (exact) mass is 1060 g/mol. The Hall–Kier alpha value is -1.65. The summed E-state index contributed by atoms with van der Waals surface area (Å²) in [5, 5.41) is 23.3. The lowest BCUT2D eigenvalue weighted by Gasteiger charge is -2.20. The highest BCUT2D eigenvalue weighted by Gasteiger charge is 2.18. The van der Waals surface area contributed by atoms with Crippen molar-refractivity contribution < 1.29 is 15.0 Å². The second kappa shape index (κ2) is 67.6. The lowest BCUT2D eigenvalue weighted by atomic mass is 10.0. The summed E-state index contributed by atoms with van der Waals surface area (Å²) in [4.78, 5) is 12.5. The largest absolute Gasteiger partial charge is 0.394 e. The van der Waals surface area contributed by atoms with Gasteiger partial charge in [0.1, 0.15) is 0 Å². The third-order valence-electron chi connectivity index (χ3n) is 16.3. The summed E-state index contributed by atoms with van der Waals surface area (Å²) in [6, 6.07) is -0.622. The zero-order valence-electron chi connectivity index (χ0n) is 51.8. The van der Waals surface area contributed by atoms with Crippen LogP contribution in [0.25, 0.3) is 0 Å². The number of hydrogen-bond donors (Lipinski definition) is 3. The van der Waals surface area contributed by atoms with Crippen LogP contribution in [0.3, 0.4) is 0 Å². The van der Waals surface area contributed by atoms with E-state index in [1.165, 1.54) is 327 Å². The van der Waals surface area contributed by atoms with Crippen molar-refractivity contribution in [3.8, 4) is 0 Å². The smallest absolute Gasteiger partial charge is 0.220 e. The molecule has 2 atom stereocenters. The van der Waals surface area contributed by atoms with Crippen molar-refractivity contribution in [3.63, 3.8) is 0 Å². The normalized spacial score (nSPS) is 12.9. The number of unbranched alkanes of at least 4 members (excludes halogenated alkanes) is 52. The first-order valence-corrected chi connectivity index (χ1v) is 34.9. The number of aliphatic hydroxyl groups is 2. The molecule has 4 nitrogen and oxygen atoms in total. The van der Waals surface area contributed by atoms with Gasteiger partial charge in [-0.25, -0.2) is 0 Å². The zero-order valence-corrected chi connectivity index (χ0v) is 51.8. The van der Waals surface area contributed by atoms with Crippen LogP contribution in [0.15, 0.2) is 48.6 Å². The van der Waals surface area contributed by atoms with Crippen molar-refractivity contribution in [3.05, 3.63) is 48.6 Å². The molecule has 0 saturated heterocycles. The standard InChI is InChI=1S/C72H137NO3/c1-3-5-7-9-11-13-15-17-19-21-23-25-27-28-29-30-31-32-33-34-35-36-37-38-39-40-41-42-43-44-46-48-50-52-54-56-58-60-62-64-66-68-72(76)73-70(69-74)71(75)67-65-63-61-59-57-55-53-51-49-47-45-26-24-22-20-18-16-14-12-10-8-6-4-2/h15,17,21,23,27-28,65,67,70-71,74-75H,3-14,16,18-20,22,24-26,29-64,66,68-69H2,1-2H3,(H,73,76)/b17-15-,23-21-,28-27-,67-65+. The molecule has 76 heavy (non-hydrogen) atoms. The molecule has 4 heteroatoms.